The van der Waals surface area contributed by atoms with Crippen LogP contribution in [0.1, 0.15) is 43.6 Å². The number of carbonyl (C=O) groups excluding carboxylic acids is 2. The lowest BCUT2D eigenvalue weighted by Crippen LogP contribution is -2.47. The van der Waals surface area contributed by atoms with E-state index >= 15 is 0 Å². The summed E-state index contributed by atoms with van der Waals surface area (Å²) in [7, 11) is 1.85. The van der Waals surface area contributed by atoms with Crippen LogP contribution in [0.3, 0.4) is 0 Å². The molecule has 2 aromatic rings. The van der Waals surface area contributed by atoms with Crippen molar-refractivity contribution in [2.75, 3.05) is 26.7 Å². The summed E-state index contributed by atoms with van der Waals surface area (Å²) in [5.74, 6) is 0.753. The van der Waals surface area contributed by atoms with Crippen LogP contribution in [0.25, 0.3) is 0 Å². The molecule has 164 valence electrons. The maximum Gasteiger partial charge on any atom is 0.257 e. The minimum Gasteiger partial charge on any atom is -0.467 e. The number of benzene rings is 1. The fraction of sp³-hybridized carbons (Fsp3) is 0.435. The molecule has 2 aliphatic rings. The van der Waals surface area contributed by atoms with Gasteiger partial charge in [-0.05, 0) is 42.7 Å². The van der Waals surface area contributed by atoms with Crippen molar-refractivity contribution in [3.8, 4) is 0 Å². The number of furan rings is 1. The van der Waals surface area contributed by atoms with Gasteiger partial charge in [-0.15, -0.1) is 0 Å². The summed E-state index contributed by atoms with van der Waals surface area (Å²) in [5, 5.41) is 6.90. The number of nitrogens with zero attached hydrogens (tertiary/aromatic N) is 4. The molecule has 1 aromatic heterocycles. The third-order valence-electron chi connectivity index (χ3n) is 6.18. The van der Waals surface area contributed by atoms with E-state index in [9.17, 15) is 9.59 Å². The molecule has 2 amide bonds. The van der Waals surface area contributed by atoms with E-state index in [0.717, 1.165) is 43.0 Å². The van der Waals surface area contributed by atoms with Crippen LogP contribution in [0.4, 0.5) is 0 Å². The van der Waals surface area contributed by atoms with Gasteiger partial charge in [-0.3, -0.25) is 14.5 Å². The Hall–Kier alpha value is -2.64. The third kappa shape index (κ3) is 4.83. The van der Waals surface area contributed by atoms with Gasteiger partial charge in [-0.1, -0.05) is 23.7 Å². The van der Waals surface area contributed by atoms with Gasteiger partial charge in [-0.2, -0.15) is 5.10 Å². The second-order valence-electron chi connectivity index (χ2n) is 8.16. The Labute approximate surface area is 187 Å². The van der Waals surface area contributed by atoms with Crippen molar-refractivity contribution in [3.63, 3.8) is 0 Å². The molecule has 0 N–H and O–H groups in total. The van der Waals surface area contributed by atoms with Crippen LogP contribution in [0.2, 0.25) is 5.02 Å². The summed E-state index contributed by atoms with van der Waals surface area (Å²) in [5.41, 5.74) is 1.79. The molecule has 0 aliphatic carbocycles. The lowest BCUT2D eigenvalue weighted by molar-refractivity contribution is -0.136. The molecular weight excluding hydrogens is 416 g/mol. The Morgan fingerprint density at radius 3 is 2.52 bits per heavy atom. The van der Waals surface area contributed by atoms with Crippen molar-refractivity contribution >= 4 is 29.1 Å². The first-order valence-corrected chi connectivity index (χ1v) is 10.9. The van der Waals surface area contributed by atoms with Gasteiger partial charge in [0.15, 0.2) is 0 Å². The number of hydrazone groups is 1. The SMILES string of the molecule is CC(=O)N(C)C1CCN(CC(=O)N2N=C(c3ccc(Cl)cc3)CC2c2ccco2)CC1. The zero-order valence-electron chi connectivity index (χ0n) is 17.8. The molecule has 7 nitrogen and oxygen atoms in total. The molecule has 1 fully saturated rings. The monoisotopic (exact) mass is 442 g/mol. The Morgan fingerprint density at radius 1 is 1.19 bits per heavy atom. The molecule has 1 unspecified atom stereocenters. The van der Waals surface area contributed by atoms with E-state index < -0.39 is 0 Å². The van der Waals surface area contributed by atoms with Crippen molar-refractivity contribution in [3.05, 3.63) is 59.0 Å². The summed E-state index contributed by atoms with van der Waals surface area (Å²) in [4.78, 5) is 28.8. The van der Waals surface area contributed by atoms with Crippen molar-refractivity contribution < 1.29 is 14.0 Å². The van der Waals surface area contributed by atoms with Gasteiger partial charge in [0.1, 0.15) is 11.8 Å². The van der Waals surface area contributed by atoms with Crippen LogP contribution in [0.15, 0.2) is 52.2 Å². The maximum absolute atomic E-state index is 13.2. The first kappa shape index (κ1) is 21.6. The van der Waals surface area contributed by atoms with E-state index in [1.165, 1.54) is 0 Å². The second kappa shape index (κ2) is 9.24. The highest BCUT2D eigenvalue weighted by Crippen LogP contribution is 2.33. The molecule has 0 saturated carbocycles. The van der Waals surface area contributed by atoms with E-state index in [0.29, 0.717) is 18.0 Å². The summed E-state index contributed by atoms with van der Waals surface area (Å²) in [6.45, 7) is 3.45. The van der Waals surface area contributed by atoms with Crippen LogP contribution >= 0.6 is 11.6 Å². The van der Waals surface area contributed by atoms with Crippen LogP contribution in [0.5, 0.6) is 0 Å². The molecular formula is C23H27ClN4O3. The molecule has 0 radical (unpaired) electrons. The van der Waals surface area contributed by atoms with Gasteiger partial charge >= 0.3 is 0 Å². The molecule has 1 saturated heterocycles. The fourth-order valence-electron chi connectivity index (χ4n) is 4.25. The molecule has 1 aromatic carbocycles. The number of halogens is 1. The van der Waals surface area contributed by atoms with E-state index in [1.807, 2.05) is 43.4 Å². The number of piperidine rings is 1. The quantitative estimate of drug-likeness (QED) is 0.710. The first-order valence-electron chi connectivity index (χ1n) is 10.6. The summed E-state index contributed by atoms with van der Waals surface area (Å²) >= 11 is 6.02. The lowest BCUT2D eigenvalue weighted by Gasteiger charge is -2.36. The molecule has 3 heterocycles. The highest BCUT2D eigenvalue weighted by Gasteiger charge is 2.36. The van der Waals surface area contributed by atoms with Crippen LogP contribution in [0, 0.1) is 0 Å². The Bertz CT molecular complexity index is 950. The van der Waals surface area contributed by atoms with Crippen LogP contribution in [-0.4, -0.2) is 65.1 Å². The molecule has 8 heteroatoms. The van der Waals surface area contributed by atoms with Gasteiger partial charge < -0.3 is 9.32 Å². The Balaban J connectivity index is 1.45. The molecule has 4 rings (SSSR count). The Kier molecular flexibility index (Phi) is 6.43. The van der Waals surface area contributed by atoms with E-state index in [-0.39, 0.29) is 23.9 Å². The van der Waals surface area contributed by atoms with Gasteiger partial charge in [-0.25, -0.2) is 5.01 Å². The smallest absolute Gasteiger partial charge is 0.257 e. The number of carbonyl (C=O) groups is 2. The lowest BCUT2D eigenvalue weighted by atomic mass is 10.0. The minimum atomic E-state index is -0.255. The van der Waals surface area contributed by atoms with Crippen molar-refractivity contribution in [1.29, 1.82) is 0 Å². The minimum absolute atomic E-state index is 0.0521. The largest absolute Gasteiger partial charge is 0.467 e. The third-order valence-corrected chi connectivity index (χ3v) is 6.43. The number of amides is 2. The number of hydrogen-bond acceptors (Lipinski definition) is 5. The van der Waals surface area contributed by atoms with Gasteiger partial charge in [0, 0.05) is 44.5 Å². The summed E-state index contributed by atoms with van der Waals surface area (Å²) < 4.78 is 5.61. The normalized spacial score (nSPS) is 20.0. The van der Waals surface area contributed by atoms with E-state index in [4.69, 9.17) is 16.0 Å². The average Bonchev–Trinajstić information content (AvgIpc) is 3.44. The van der Waals surface area contributed by atoms with Crippen LogP contribution in [-0.2, 0) is 9.59 Å². The number of likely N-dealkylation sites (tertiary alicyclic amines) is 1. The highest BCUT2D eigenvalue weighted by molar-refractivity contribution is 6.30. The first-order chi connectivity index (χ1) is 14.9. The second-order valence-corrected chi connectivity index (χ2v) is 8.60. The number of rotatable bonds is 5. The van der Waals surface area contributed by atoms with E-state index in [1.54, 1.807) is 23.1 Å². The van der Waals surface area contributed by atoms with Gasteiger partial charge in [0.25, 0.3) is 5.91 Å². The molecule has 1 atom stereocenters. The molecule has 31 heavy (non-hydrogen) atoms. The van der Waals surface area contributed by atoms with Gasteiger partial charge in [0.05, 0.1) is 18.5 Å². The zero-order chi connectivity index (χ0) is 22.0. The standard InChI is InChI=1S/C23H27ClN4O3/c1-16(29)26(2)19-9-11-27(12-10-19)15-23(30)28-21(22-4-3-13-31-22)14-20(25-28)17-5-7-18(24)8-6-17/h3-8,13,19,21H,9-12,14-15H2,1-2H3. The van der Waals surface area contributed by atoms with Crippen molar-refractivity contribution in [2.45, 2.75) is 38.3 Å². The predicted molar refractivity (Wildman–Crippen MR) is 119 cm³/mol. The molecule has 2 aliphatic heterocycles. The predicted octanol–water partition coefficient (Wildman–Crippen LogP) is 3.55. The van der Waals surface area contributed by atoms with Gasteiger partial charge in [0.2, 0.25) is 5.91 Å². The summed E-state index contributed by atoms with van der Waals surface area (Å²) in [6.07, 6.45) is 3.94. The topological polar surface area (TPSA) is 69.4 Å². The highest BCUT2D eigenvalue weighted by atomic mass is 35.5. The molecule has 0 spiro atoms. The zero-order valence-corrected chi connectivity index (χ0v) is 18.6. The average molecular weight is 443 g/mol. The number of hydrogen-bond donors (Lipinski definition) is 0. The molecule has 0 bridgehead atoms. The van der Waals surface area contributed by atoms with E-state index in [2.05, 4.69) is 10.0 Å². The maximum atomic E-state index is 13.2. The van der Waals surface area contributed by atoms with Crippen molar-refractivity contribution in [1.82, 2.24) is 14.8 Å². The summed E-state index contributed by atoms with van der Waals surface area (Å²) in [6, 6.07) is 11.2. The van der Waals surface area contributed by atoms with Crippen molar-refractivity contribution in [2.24, 2.45) is 5.10 Å². The Morgan fingerprint density at radius 2 is 1.90 bits per heavy atom. The van der Waals surface area contributed by atoms with Crippen LogP contribution < -0.4 is 0 Å². The fourth-order valence-corrected chi connectivity index (χ4v) is 4.37.